The van der Waals surface area contributed by atoms with E-state index in [2.05, 4.69) is 0 Å². The Balaban J connectivity index is 1.88. The number of hydrogen-bond donors (Lipinski definition) is 3. The van der Waals surface area contributed by atoms with Crippen LogP contribution in [0.1, 0.15) is 45.0 Å². The van der Waals surface area contributed by atoms with Crippen molar-refractivity contribution in [3.63, 3.8) is 0 Å². The summed E-state index contributed by atoms with van der Waals surface area (Å²) < 4.78 is 5.47. The molecule has 5 nitrogen and oxygen atoms in total. The zero-order chi connectivity index (χ0) is 18.2. The first-order chi connectivity index (χ1) is 12.5. The van der Waals surface area contributed by atoms with Gasteiger partial charge in [-0.15, -0.1) is 0 Å². The predicted octanol–water partition coefficient (Wildman–Crippen LogP) is 2.62. The van der Waals surface area contributed by atoms with Gasteiger partial charge in [0.2, 0.25) is 0 Å². The molecular weight excluding hydrogens is 332 g/mol. The van der Waals surface area contributed by atoms with Crippen LogP contribution in [-0.2, 0) is 11.2 Å². The largest absolute Gasteiger partial charge is 0.508 e. The Bertz CT molecular complexity index is 1000. The number of carbonyl (C=O) groups is 1. The van der Waals surface area contributed by atoms with Gasteiger partial charge in [-0.3, -0.25) is 4.79 Å². The highest BCUT2D eigenvalue weighted by Gasteiger charge is 2.46. The van der Waals surface area contributed by atoms with Crippen LogP contribution in [0.3, 0.4) is 0 Å². The molecule has 5 rings (SSSR count). The maximum atomic E-state index is 12.7. The highest BCUT2D eigenvalue weighted by molar-refractivity contribution is 6.15. The maximum absolute atomic E-state index is 12.7. The van der Waals surface area contributed by atoms with Gasteiger partial charge in [0.1, 0.15) is 17.6 Å². The zero-order valence-corrected chi connectivity index (χ0v) is 14.2. The fraction of sp³-hybridized carbons (Fsp3) is 0.286. The molecule has 2 aromatic rings. The second kappa shape index (κ2) is 5.19. The van der Waals surface area contributed by atoms with Gasteiger partial charge in [-0.1, -0.05) is 18.2 Å². The van der Waals surface area contributed by atoms with Crippen molar-refractivity contribution in [3.8, 4) is 11.5 Å². The number of hydrogen-bond acceptors (Lipinski definition) is 5. The fourth-order valence-corrected chi connectivity index (χ4v) is 4.86. The Labute approximate surface area is 150 Å². The van der Waals surface area contributed by atoms with Crippen LogP contribution in [0.4, 0.5) is 0 Å². The number of ether oxygens (including phenoxy) is 1. The van der Waals surface area contributed by atoms with Gasteiger partial charge in [-0.05, 0) is 40.0 Å². The molecule has 3 N–H and O–H groups in total. The number of aliphatic hydroxyl groups is 1. The van der Waals surface area contributed by atoms with Gasteiger partial charge in [0.25, 0.3) is 0 Å². The molecule has 5 heteroatoms. The molecule has 0 spiro atoms. The molecule has 3 aliphatic carbocycles. The van der Waals surface area contributed by atoms with Gasteiger partial charge in [0.15, 0.2) is 5.78 Å². The molecule has 0 heterocycles. The van der Waals surface area contributed by atoms with Crippen LogP contribution >= 0.6 is 0 Å². The predicted molar refractivity (Wildman–Crippen MR) is 95.2 cm³/mol. The normalized spacial score (nSPS) is 25.8. The van der Waals surface area contributed by atoms with Crippen LogP contribution in [0.2, 0.25) is 0 Å². The molecule has 0 amide bonds. The molecule has 0 aliphatic heterocycles. The van der Waals surface area contributed by atoms with E-state index in [0.717, 1.165) is 22.3 Å². The number of allylic oxidation sites excluding steroid dienone is 1. The minimum atomic E-state index is -0.851. The van der Waals surface area contributed by atoms with E-state index in [9.17, 15) is 20.1 Å². The van der Waals surface area contributed by atoms with E-state index >= 15 is 0 Å². The Morgan fingerprint density at radius 3 is 2.58 bits per heavy atom. The molecule has 3 aliphatic rings. The molecule has 26 heavy (non-hydrogen) atoms. The SMILES string of the molecule is CO[C@@H]1Cc2c(O)ccc3c2C(=C2c4cccc(O)c4C(=O)C[C@@H]23)[C@H]1O. The number of aliphatic hydroxyl groups excluding tert-OH is 1. The van der Waals surface area contributed by atoms with Gasteiger partial charge < -0.3 is 20.1 Å². The monoisotopic (exact) mass is 350 g/mol. The van der Waals surface area contributed by atoms with Gasteiger partial charge in [0.05, 0.1) is 11.7 Å². The van der Waals surface area contributed by atoms with Crippen molar-refractivity contribution in [1.29, 1.82) is 0 Å². The van der Waals surface area contributed by atoms with Crippen molar-refractivity contribution in [2.45, 2.75) is 31.0 Å². The number of Topliss-reactive ketones (excluding diaryl/α,β-unsaturated/α-hetero) is 1. The van der Waals surface area contributed by atoms with E-state index in [0.29, 0.717) is 23.1 Å². The average molecular weight is 350 g/mol. The summed E-state index contributed by atoms with van der Waals surface area (Å²) in [6, 6.07) is 8.53. The lowest BCUT2D eigenvalue weighted by molar-refractivity contribution is 0.0143. The van der Waals surface area contributed by atoms with Gasteiger partial charge in [-0.2, -0.15) is 0 Å². The lowest BCUT2D eigenvalue weighted by Crippen LogP contribution is -2.35. The van der Waals surface area contributed by atoms with Crippen LogP contribution in [0.5, 0.6) is 11.5 Å². The van der Waals surface area contributed by atoms with Crippen molar-refractivity contribution in [2.75, 3.05) is 7.11 Å². The molecular formula is C21H18O5. The summed E-state index contributed by atoms with van der Waals surface area (Å²) in [4.78, 5) is 12.7. The molecule has 0 fully saturated rings. The van der Waals surface area contributed by atoms with E-state index in [-0.39, 0.29) is 29.6 Å². The Morgan fingerprint density at radius 2 is 1.81 bits per heavy atom. The van der Waals surface area contributed by atoms with Crippen LogP contribution in [0.25, 0.3) is 11.1 Å². The molecule has 3 atom stereocenters. The van der Waals surface area contributed by atoms with Crippen LogP contribution < -0.4 is 0 Å². The number of benzene rings is 2. The van der Waals surface area contributed by atoms with Crippen molar-refractivity contribution in [2.24, 2.45) is 0 Å². The summed E-state index contributed by atoms with van der Waals surface area (Å²) >= 11 is 0. The minimum absolute atomic E-state index is 0.0355. The third-order valence-electron chi connectivity index (χ3n) is 5.96. The fourth-order valence-electron chi connectivity index (χ4n) is 4.86. The van der Waals surface area contributed by atoms with Gasteiger partial charge in [-0.25, -0.2) is 0 Å². The van der Waals surface area contributed by atoms with Crippen molar-refractivity contribution in [1.82, 2.24) is 0 Å². The molecule has 0 saturated heterocycles. The number of carbonyl (C=O) groups excluding carboxylic acids is 1. The van der Waals surface area contributed by atoms with Crippen LogP contribution in [-0.4, -0.2) is 40.4 Å². The smallest absolute Gasteiger partial charge is 0.168 e. The first kappa shape index (κ1) is 15.6. The number of methoxy groups -OCH3 is 1. The topological polar surface area (TPSA) is 87.0 Å². The quantitative estimate of drug-likeness (QED) is 0.736. The van der Waals surface area contributed by atoms with Crippen molar-refractivity contribution < 1.29 is 24.9 Å². The number of ketones is 1. The molecule has 0 aromatic heterocycles. The second-order valence-electron chi connectivity index (χ2n) is 7.16. The maximum Gasteiger partial charge on any atom is 0.168 e. The van der Waals surface area contributed by atoms with Crippen LogP contribution in [0, 0.1) is 0 Å². The molecule has 0 bridgehead atoms. The summed E-state index contributed by atoms with van der Waals surface area (Å²) in [5.74, 6) is -0.138. The first-order valence-electron chi connectivity index (χ1n) is 8.68. The van der Waals surface area contributed by atoms with Crippen molar-refractivity contribution in [3.05, 3.63) is 58.1 Å². The highest BCUT2D eigenvalue weighted by atomic mass is 16.5. The van der Waals surface area contributed by atoms with Gasteiger partial charge in [0, 0.05) is 31.4 Å². The molecule has 132 valence electrons. The van der Waals surface area contributed by atoms with Gasteiger partial charge >= 0.3 is 0 Å². The third kappa shape index (κ3) is 1.79. The highest BCUT2D eigenvalue weighted by Crippen LogP contribution is 2.58. The summed E-state index contributed by atoms with van der Waals surface area (Å²) in [6.07, 6.45) is -0.665. The average Bonchev–Trinajstić information content (AvgIpc) is 2.95. The number of aromatic hydroxyl groups is 2. The Kier molecular flexibility index (Phi) is 3.12. The Morgan fingerprint density at radius 1 is 1.00 bits per heavy atom. The van der Waals surface area contributed by atoms with Crippen LogP contribution in [0.15, 0.2) is 30.3 Å². The van der Waals surface area contributed by atoms with E-state index in [1.54, 1.807) is 19.2 Å². The van der Waals surface area contributed by atoms with E-state index in [1.807, 2.05) is 12.1 Å². The third-order valence-corrected chi connectivity index (χ3v) is 5.96. The number of rotatable bonds is 1. The Hall–Kier alpha value is -2.63. The lowest BCUT2D eigenvalue weighted by atomic mass is 9.77. The molecule has 0 saturated carbocycles. The number of phenolic OH excluding ortho intramolecular Hbond substituents is 2. The summed E-state index contributed by atoms with van der Waals surface area (Å²) in [5, 5.41) is 31.6. The number of fused-ring (bicyclic) bond motifs is 4. The molecule has 0 radical (unpaired) electrons. The first-order valence-corrected chi connectivity index (χ1v) is 8.68. The summed E-state index contributed by atoms with van der Waals surface area (Å²) in [5.41, 5.74) is 5.12. The van der Waals surface area contributed by atoms with E-state index in [1.165, 1.54) is 6.07 Å². The van der Waals surface area contributed by atoms with E-state index < -0.39 is 12.2 Å². The lowest BCUT2D eigenvalue weighted by Gasteiger charge is -2.32. The summed E-state index contributed by atoms with van der Waals surface area (Å²) in [6.45, 7) is 0. The van der Waals surface area contributed by atoms with E-state index in [4.69, 9.17) is 4.74 Å². The standard InChI is InChI=1S/C21H18O5/c1-26-16-8-12-13(22)6-5-9-11-7-15(24)19-10(3-2-4-14(19)23)18(11)20(17(9)12)21(16)25/h2-6,11,16,21-23,25H,7-8H2,1H3/t11-,16-,21+/m1/s1. The minimum Gasteiger partial charge on any atom is -0.508 e. The molecule has 0 unspecified atom stereocenters. The second-order valence-corrected chi connectivity index (χ2v) is 7.16. The van der Waals surface area contributed by atoms with Crippen molar-refractivity contribution >= 4 is 16.9 Å². The summed E-state index contributed by atoms with van der Waals surface area (Å²) in [7, 11) is 1.54. The zero-order valence-electron chi connectivity index (χ0n) is 14.2. The number of phenols is 2. The molecule has 2 aromatic carbocycles.